The number of para-hydroxylation sites is 1. The highest BCUT2D eigenvalue weighted by molar-refractivity contribution is 6.13. The zero-order chi connectivity index (χ0) is 22.2. The minimum absolute atomic E-state index is 0.284. The summed E-state index contributed by atoms with van der Waals surface area (Å²) in [7, 11) is 0. The molecule has 1 heterocycles. The molecule has 0 unspecified atom stereocenters. The lowest BCUT2D eigenvalue weighted by molar-refractivity contribution is -0.137. The Hall–Kier alpha value is -3.67. The normalized spacial score (nSPS) is 11.5. The van der Waals surface area contributed by atoms with Gasteiger partial charge < -0.3 is 5.32 Å². The maximum absolute atomic E-state index is 13.1. The molecule has 4 aromatic rings. The molecule has 0 fully saturated rings. The van der Waals surface area contributed by atoms with Crippen LogP contribution in [0.1, 0.15) is 27.0 Å². The fourth-order valence-corrected chi connectivity index (χ4v) is 3.35. The van der Waals surface area contributed by atoms with Gasteiger partial charge in [-0.25, -0.2) is 4.98 Å². The number of carbonyl (C=O) groups is 1. The van der Waals surface area contributed by atoms with E-state index in [1.54, 1.807) is 12.1 Å². The zero-order valence-electron chi connectivity index (χ0n) is 16.9. The Morgan fingerprint density at radius 3 is 2.26 bits per heavy atom. The molecule has 0 radical (unpaired) electrons. The third kappa shape index (κ3) is 4.28. The van der Waals surface area contributed by atoms with Gasteiger partial charge in [0.25, 0.3) is 5.91 Å². The molecule has 0 spiro atoms. The molecular formula is C25H19F3N2O. The van der Waals surface area contributed by atoms with Crippen LogP contribution in [0, 0.1) is 13.8 Å². The fourth-order valence-electron chi connectivity index (χ4n) is 3.35. The van der Waals surface area contributed by atoms with Crippen LogP contribution >= 0.6 is 0 Å². The molecule has 0 aliphatic carbocycles. The molecule has 156 valence electrons. The first kappa shape index (κ1) is 20.6. The molecule has 0 bridgehead atoms. The Bertz CT molecular complexity index is 1280. The van der Waals surface area contributed by atoms with Gasteiger partial charge in [-0.2, -0.15) is 13.2 Å². The molecule has 3 aromatic carbocycles. The molecule has 3 nitrogen and oxygen atoms in total. The van der Waals surface area contributed by atoms with Crippen molar-refractivity contribution in [2.45, 2.75) is 20.0 Å². The highest BCUT2D eigenvalue weighted by Crippen LogP contribution is 2.30. The molecule has 0 saturated carbocycles. The van der Waals surface area contributed by atoms with E-state index in [4.69, 9.17) is 4.98 Å². The number of hydrogen-bond acceptors (Lipinski definition) is 2. The first-order valence-corrected chi connectivity index (χ1v) is 9.68. The number of hydrogen-bond donors (Lipinski definition) is 1. The Kier molecular flexibility index (Phi) is 5.23. The summed E-state index contributed by atoms with van der Waals surface area (Å²) in [4.78, 5) is 17.8. The number of amides is 1. The van der Waals surface area contributed by atoms with E-state index in [2.05, 4.69) is 5.32 Å². The van der Waals surface area contributed by atoms with Gasteiger partial charge in [0, 0.05) is 16.6 Å². The van der Waals surface area contributed by atoms with E-state index in [9.17, 15) is 18.0 Å². The van der Waals surface area contributed by atoms with Gasteiger partial charge in [-0.3, -0.25) is 4.79 Å². The van der Waals surface area contributed by atoms with Gasteiger partial charge in [-0.15, -0.1) is 0 Å². The van der Waals surface area contributed by atoms with Crippen molar-refractivity contribution < 1.29 is 18.0 Å². The van der Waals surface area contributed by atoms with Gasteiger partial charge in [-0.1, -0.05) is 30.3 Å². The van der Waals surface area contributed by atoms with Crippen molar-refractivity contribution in [3.63, 3.8) is 0 Å². The number of halogens is 3. The van der Waals surface area contributed by atoms with Crippen LogP contribution < -0.4 is 5.32 Å². The summed E-state index contributed by atoms with van der Waals surface area (Å²) in [5, 5.41) is 3.36. The average molecular weight is 420 g/mol. The number of benzene rings is 3. The second-order valence-corrected chi connectivity index (χ2v) is 7.40. The average Bonchev–Trinajstić information content (AvgIpc) is 2.74. The van der Waals surface area contributed by atoms with Crippen LogP contribution in [0.2, 0.25) is 0 Å². The molecule has 31 heavy (non-hydrogen) atoms. The minimum atomic E-state index is -4.43. The molecule has 6 heteroatoms. The maximum Gasteiger partial charge on any atom is 0.416 e. The van der Waals surface area contributed by atoms with Crippen molar-refractivity contribution in [2.75, 3.05) is 5.32 Å². The van der Waals surface area contributed by atoms with Gasteiger partial charge in [-0.05, 0) is 67.4 Å². The third-order valence-corrected chi connectivity index (χ3v) is 5.23. The number of rotatable bonds is 3. The lowest BCUT2D eigenvalue weighted by Crippen LogP contribution is -2.13. The summed E-state index contributed by atoms with van der Waals surface area (Å²) in [5.41, 5.74) is 4.39. The van der Waals surface area contributed by atoms with E-state index in [0.29, 0.717) is 22.2 Å². The van der Waals surface area contributed by atoms with Crippen molar-refractivity contribution in [3.05, 3.63) is 95.1 Å². The zero-order valence-corrected chi connectivity index (χ0v) is 16.9. The van der Waals surface area contributed by atoms with E-state index in [1.807, 2.05) is 50.2 Å². The maximum atomic E-state index is 13.1. The van der Waals surface area contributed by atoms with Gasteiger partial charge >= 0.3 is 6.18 Å². The molecule has 0 aliphatic rings. The number of alkyl halides is 3. The number of aryl methyl sites for hydroxylation is 2. The predicted octanol–water partition coefficient (Wildman–Crippen LogP) is 6.79. The minimum Gasteiger partial charge on any atom is -0.322 e. The summed E-state index contributed by atoms with van der Waals surface area (Å²) < 4.78 is 38.4. The van der Waals surface area contributed by atoms with Gasteiger partial charge in [0.1, 0.15) is 0 Å². The number of aromatic nitrogens is 1. The topological polar surface area (TPSA) is 42.0 Å². The van der Waals surface area contributed by atoms with Crippen LogP contribution in [0.3, 0.4) is 0 Å². The smallest absolute Gasteiger partial charge is 0.322 e. The van der Waals surface area contributed by atoms with E-state index >= 15 is 0 Å². The Labute approximate surface area is 177 Å². The van der Waals surface area contributed by atoms with Crippen molar-refractivity contribution >= 4 is 22.5 Å². The van der Waals surface area contributed by atoms with Crippen LogP contribution in [0.4, 0.5) is 18.9 Å². The molecule has 4 rings (SSSR count). The van der Waals surface area contributed by atoms with Gasteiger partial charge in [0.05, 0.1) is 22.3 Å². The predicted molar refractivity (Wildman–Crippen MR) is 116 cm³/mol. The summed E-state index contributed by atoms with van der Waals surface area (Å²) in [6, 6.07) is 19.4. The van der Waals surface area contributed by atoms with Crippen LogP contribution in [0.15, 0.2) is 72.8 Å². The first-order valence-electron chi connectivity index (χ1n) is 9.68. The van der Waals surface area contributed by atoms with Crippen LogP contribution in [-0.2, 0) is 6.18 Å². The van der Waals surface area contributed by atoms with Gasteiger partial charge in [0.15, 0.2) is 0 Å². The van der Waals surface area contributed by atoms with Crippen molar-refractivity contribution in [1.29, 1.82) is 0 Å². The van der Waals surface area contributed by atoms with Crippen LogP contribution in [-0.4, -0.2) is 10.9 Å². The number of nitrogens with one attached hydrogen (secondary N) is 1. The molecule has 0 atom stereocenters. The monoisotopic (exact) mass is 420 g/mol. The third-order valence-electron chi connectivity index (χ3n) is 5.23. The lowest BCUT2D eigenvalue weighted by atomic mass is 10.0. The number of carbonyl (C=O) groups excluding carboxylic acids is 1. The quantitative estimate of drug-likeness (QED) is 0.396. The molecule has 1 aromatic heterocycles. The fraction of sp³-hybridized carbons (Fsp3) is 0.120. The molecule has 0 aliphatic heterocycles. The molecule has 1 N–H and O–H groups in total. The lowest BCUT2D eigenvalue weighted by Gasteiger charge is -2.12. The van der Waals surface area contributed by atoms with E-state index in [0.717, 1.165) is 28.8 Å². The van der Waals surface area contributed by atoms with Gasteiger partial charge in [0.2, 0.25) is 0 Å². The largest absolute Gasteiger partial charge is 0.416 e. The summed E-state index contributed by atoms with van der Waals surface area (Å²) in [5.74, 6) is -0.413. The molecular weight excluding hydrogens is 401 g/mol. The first-order chi connectivity index (χ1) is 14.7. The SMILES string of the molecule is Cc1ccc(-c2cc(C(=O)Nc3ccc(C(F)(F)F)cc3)c3ccccc3n2)cc1C. The Morgan fingerprint density at radius 2 is 1.58 bits per heavy atom. The van der Waals surface area contributed by atoms with E-state index in [-0.39, 0.29) is 5.69 Å². The number of fused-ring (bicyclic) bond motifs is 1. The van der Waals surface area contributed by atoms with E-state index < -0.39 is 17.6 Å². The molecule has 1 amide bonds. The van der Waals surface area contributed by atoms with Crippen LogP contribution in [0.5, 0.6) is 0 Å². The second-order valence-electron chi connectivity index (χ2n) is 7.40. The number of pyridine rings is 1. The summed E-state index contributed by atoms with van der Waals surface area (Å²) in [6.45, 7) is 4.04. The standard InChI is InChI=1S/C25H19F3N2O/c1-15-7-8-17(13-16(15)2)23-14-21(20-5-3-4-6-22(20)30-23)24(31)29-19-11-9-18(10-12-19)25(26,27)28/h3-14H,1-2H3,(H,29,31). The van der Waals surface area contributed by atoms with Crippen LogP contribution in [0.25, 0.3) is 22.2 Å². The molecule has 0 saturated heterocycles. The van der Waals surface area contributed by atoms with Crippen molar-refractivity contribution in [2.24, 2.45) is 0 Å². The number of nitrogens with zero attached hydrogens (tertiary/aromatic N) is 1. The van der Waals surface area contributed by atoms with E-state index in [1.165, 1.54) is 12.1 Å². The second kappa shape index (κ2) is 7.87. The number of anilines is 1. The highest BCUT2D eigenvalue weighted by Gasteiger charge is 2.30. The highest BCUT2D eigenvalue weighted by atomic mass is 19.4. The summed E-state index contributed by atoms with van der Waals surface area (Å²) in [6.07, 6.45) is -4.43. The van der Waals surface area contributed by atoms with Crippen molar-refractivity contribution in [3.8, 4) is 11.3 Å². The van der Waals surface area contributed by atoms with Crippen molar-refractivity contribution in [1.82, 2.24) is 4.98 Å². The Morgan fingerprint density at radius 1 is 0.871 bits per heavy atom. The Balaban J connectivity index is 1.73. The summed E-state index contributed by atoms with van der Waals surface area (Å²) >= 11 is 0.